The number of nitrogens with one attached hydrogen (secondary N) is 1. The fourth-order valence-electron chi connectivity index (χ4n) is 1.07. The van der Waals surface area contributed by atoms with Gasteiger partial charge in [0.2, 0.25) is 5.91 Å². The van der Waals surface area contributed by atoms with Gasteiger partial charge in [-0.25, -0.2) is 9.97 Å². The fraction of sp³-hybridized carbons (Fsp3) is 0.444. The number of carbonyl (C=O) groups is 1. The van der Waals surface area contributed by atoms with Crippen LogP contribution in [0.15, 0.2) is 6.33 Å². The van der Waals surface area contributed by atoms with Gasteiger partial charge in [-0.1, -0.05) is 11.6 Å². The van der Waals surface area contributed by atoms with Gasteiger partial charge in [0.25, 0.3) is 0 Å². The van der Waals surface area contributed by atoms with Crippen LogP contribution in [0.2, 0.25) is 5.15 Å². The van der Waals surface area contributed by atoms with E-state index in [4.69, 9.17) is 26.8 Å². The number of hydrogen-bond donors (Lipinski definition) is 2. The van der Waals surface area contributed by atoms with Gasteiger partial charge in [0.05, 0.1) is 13.7 Å². The smallest absolute Gasteiger partial charge is 0.243 e. The SMILES string of the molecule is COc1c(Cl)ncnc1NCCOCC(N)=O. The topological polar surface area (TPSA) is 99.4 Å². The molecule has 0 bridgehead atoms. The van der Waals surface area contributed by atoms with E-state index in [0.717, 1.165) is 0 Å². The van der Waals surface area contributed by atoms with Crippen molar-refractivity contribution in [1.29, 1.82) is 0 Å². The Kier molecular flexibility index (Phi) is 5.44. The molecule has 0 aliphatic heterocycles. The Morgan fingerprint density at radius 2 is 2.35 bits per heavy atom. The lowest BCUT2D eigenvalue weighted by atomic mass is 10.5. The van der Waals surface area contributed by atoms with Gasteiger partial charge in [0, 0.05) is 6.54 Å². The molecule has 1 amide bonds. The second-order valence-corrected chi connectivity index (χ2v) is 3.35. The molecule has 0 saturated heterocycles. The third-order valence-electron chi connectivity index (χ3n) is 1.75. The highest BCUT2D eigenvalue weighted by Gasteiger charge is 2.09. The number of nitrogens with zero attached hydrogens (tertiary/aromatic N) is 2. The summed E-state index contributed by atoms with van der Waals surface area (Å²) in [6.07, 6.45) is 1.32. The Morgan fingerprint density at radius 3 is 3.00 bits per heavy atom. The van der Waals surface area contributed by atoms with E-state index in [0.29, 0.717) is 24.7 Å². The Morgan fingerprint density at radius 1 is 1.59 bits per heavy atom. The van der Waals surface area contributed by atoms with Crippen LogP contribution in [0.3, 0.4) is 0 Å². The Hall–Kier alpha value is -1.60. The molecule has 3 N–H and O–H groups in total. The molecule has 0 atom stereocenters. The van der Waals surface area contributed by atoms with Crippen molar-refractivity contribution in [2.75, 3.05) is 32.2 Å². The largest absolute Gasteiger partial charge is 0.490 e. The van der Waals surface area contributed by atoms with E-state index in [1.807, 2.05) is 0 Å². The van der Waals surface area contributed by atoms with Crippen molar-refractivity contribution in [2.45, 2.75) is 0 Å². The first-order valence-electron chi connectivity index (χ1n) is 4.79. The molecule has 0 fully saturated rings. The van der Waals surface area contributed by atoms with E-state index in [-0.39, 0.29) is 11.8 Å². The van der Waals surface area contributed by atoms with Crippen LogP contribution in [0.1, 0.15) is 0 Å². The summed E-state index contributed by atoms with van der Waals surface area (Å²) in [5, 5.41) is 3.17. The molecular weight excluding hydrogens is 248 g/mol. The molecule has 0 aromatic carbocycles. The van der Waals surface area contributed by atoms with Gasteiger partial charge in [-0.2, -0.15) is 0 Å². The minimum Gasteiger partial charge on any atom is -0.490 e. The molecule has 0 saturated carbocycles. The maximum Gasteiger partial charge on any atom is 0.243 e. The number of hydrogen-bond acceptors (Lipinski definition) is 6. The van der Waals surface area contributed by atoms with Crippen molar-refractivity contribution in [1.82, 2.24) is 9.97 Å². The number of anilines is 1. The predicted molar refractivity (Wildman–Crippen MR) is 62.1 cm³/mol. The van der Waals surface area contributed by atoms with Gasteiger partial charge in [-0.05, 0) is 0 Å². The van der Waals surface area contributed by atoms with E-state index in [1.54, 1.807) is 0 Å². The monoisotopic (exact) mass is 260 g/mol. The van der Waals surface area contributed by atoms with Crippen molar-refractivity contribution >= 4 is 23.3 Å². The van der Waals surface area contributed by atoms with E-state index in [9.17, 15) is 4.79 Å². The Labute approximate surface area is 103 Å². The van der Waals surface area contributed by atoms with Crippen LogP contribution >= 0.6 is 11.6 Å². The standard InChI is InChI=1S/C9H13ClN4O3/c1-16-7-8(10)13-5-14-9(7)12-2-3-17-4-6(11)15/h5H,2-4H2,1H3,(H2,11,15)(H,12,13,14). The second kappa shape index (κ2) is 6.87. The zero-order valence-corrected chi connectivity index (χ0v) is 10.0. The molecule has 0 aliphatic rings. The minimum atomic E-state index is -0.507. The van der Waals surface area contributed by atoms with Crippen LogP contribution in [0.25, 0.3) is 0 Å². The van der Waals surface area contributed by atoms with Gasteiger partial charge in [-0.15, -0.1) is 0 Å². The van der Waals surface area contributed by atoms with Crippen molar-refractivity contribution < 1.29 is 14.3 Å². The highest BCUT2D eigenvalue weighted by atomic mass is 35.5. The lowest BCUT2D eigenvalue weighted by Crippen LogP contribution is -2.20. The Bertz CT molecular complexity index is 389. The van der Waals surface area contributed by atoms with Crippen molar-refractivity contribution in [3.8, 4) is 5.75 Å². The molecule has 1 aromatic rings. The average molecular weight is 261 g/mol. The predicted octanol–water partition coefficient (Wildman–Crippen LogP) is 0.0524. The first-order valence-corrected chi connectivity index (χ1v) is 5.17. The molecule has 0 spiro atoms. The molecule has 0 unspecified atom stereocenters. The van der Waals surface area contributed by atoms with E-state index in [2.05, 4.69) is 15.3 Å². The van der Waals surface area contributed by atoms with Crippen molar-refractivity contribution in [3.05, 3.63) is 11.5 Å². The molecule has 0 aliphatic carbocycles. The number of rotatable bonds is 7. The summed E-state index contributed by atoms with van der Waals surface area (Å²) >= 11 is 5.80. The molecule has 1 rings (SSSR count). The maximum absolute atomic E-state index is 10.4. The highest BCUT2D eigenvalue weighted by Crippen LogP contribution is 2.27. The first kappa shape index (κ1) is 13.5. The van der Waals surface area contributed by atoms with Crippen molar-refractivity contribution in [3.63, 3.8) is 0 Å². The molecule has 94 valence electrons. The number of amides is 1. The summed E-state index contributed by atoms with van der Waals surface area (Å²) in [5.41, 5.74) is 4.91. The third-order valence-corrected chi connectivity index (χ3v) is 2.02. The number of halogens is 1. The van der Waals surface area contributed by atoms with E-state index >= 15 is 0 Å². The molecule has 7 nitrogen and oxygen atoms in total. The summed E-state index contributed by atoms with van der Waals surface area (Å²) in [5.74, 6) is 0.326. The van der Waals surface area contributed by atoms with Crippen LogP contribution in [-0.4, -0.2) is 42.7 Å². The van der Waals surface area contributed by atoms with Gasteiger partial charge >= 0.3 is 0 Å². The first-order chi connectivity index (χ1) is 8.15. The Balaban J connectivity index is 2.41. The molecule has 8 heteroatoms. The van der Waals surface area contributed by atoms with E-state index in [1.165, 1.54) is 13.4 Å². The molecule has 1 aromatic heterocycles. The molecule has 0 radical (unpaired) electrons. The van der Waals surface area contributed by atoms with E-state index < -0.39 is 5.91 Å². The van der Waals surface area contributed by atoms with Crippen LogP contribution in [-0.2, 0) is 9.53 Å². The van der Waals surface area contributed by atoms with Crippen LogP contribution in [0.4, 0.5) is 5.82 Å². The van der Waals surface area contributed by atoms with Gasteiger partial charge in [0.15, 0.2) is 16.7 Å². The quantitative estimate of drug-likeness (QED) is 0.531. The summed E-state index contributed by atoms with van der Waals surface area (Å²) in [6.45, 7) is 0.647. The zero-order valence-electron chi connectivity index (χ0n) is 9.27. The second-order valence-electron chi connectivity index (χ2n) is 2.99. The third kappa shape index (κ3) is 4.41. The summed E-state index contributed by atoms with van der Waals surface area (Å²) in [7, 11) is 1.47. The summed E-state index contributed by atoms with van der Waals surface area (Å²) in [6, 6.07) is 0. The van der Waals surface area contributed by atoms with Gasteiger partial charge < -0.3 is 20.5 Å². The lowest BCUT2D eigenvalue weighted by Gasteiger charge is -2.10. The normalized spacial score (nSPS) is 10.0. The number of carbonyl (C=O) groups excluding carboxylic acids is 1. The van der Waals surface area contributed by atoms with Gasteiger partial charge in [0.1, 0.15) is 12.9 Å². The average Bonchev–Trinajstić information content (AvgIpc) is 2.28. The molecule has 17 heavy (non-hydrogen) atoms. The van der Waals surface area contributed by atoms with Crippen LogP contribution in [0, 0.1) is 0 Å². The van der Waals surface area contributed by atoms with Crippen LogP contribution < -0.4 is 15.8 Å². The molecule has 1 heterocycles. The summed E-state index contributed by atoms with van der Waals surface area (Å²) < 4.78 is 10.0. The van der Waals surface area contributed by atoms with Gasteiger partial charge in [-0.3, -0.25) is 4.79 Å². The number of aromatic nitrogens is 2. The van der Waals surface area contributed by atoms with Crippen molar-refractivity contribution in [2.24, 2.45) is 5.73 Å². The number of methoxy groups -OCH3 is 1. The number of primary amides is 1. The number of ether oxygens (including phenoxy) is 2. The zero-order chi connectivity index (χ0) is 12.7. The van der Waals surface area contributed by atoms with Crippen LogP contribution in [0.5, 0.6) is 5.75 Å². The molecular formula is C9H13ClN4O3. The lowest BCUT2D eigenvalue weighted by molar-refractivity contribution is -0.122. The summed E-state index contributed by atoms with van der Waals surface area (Å²) in [4.78, 5) is 18.1. The fourth-order valence-corrected chi connectivity index (χ4v) is 1.28. The highest BCUT2D eigenvalue weighted by molar-refractivity contribution is 6.31. The maximum atomic E-state index is 10.4. The minimum absolute atomic E-state index is 0.108. The number of nitrogens with two attached hydrogens (primary N) is 1.